The van der Waals surface area contributed by atoms with E-state index in [1.165, 1.54) is 6.20 Å². The van der Waals surface area contributed by atoms with Gasteiger partial charge in [-0.15, -0.1) is 0 Å². The van der Waals surface area contributed by atoms with Crippen LogP contribution in [0.15, 0.2) is 36.5 Å². The second-order valence-electron chi connectivity index (χ2n) is 6.30. The van der Waals surface area contributed by atoms with Crippen molar-refractivity contribution in [2.45, 2.75) is 32.8 Å². The van der Waals surface area contributed by atoms with Crippen LogP contribution in [0.5, 0.6) is 5.88 Å². The molecular weight excluding hydrogens is 318 g/mol. The van der Waals surface area contributed by atoms with Crippen LogP contribution < -0.4 is 15.0 Å². The fourth-order valence-corrected chi connectivity index (χ4v) is 2.76. The molecular formula is C19H21N3O3. The highest BCUT2D eigenvalue weighted by Crippen LogP contribution is 2.29. The molecule has 0 fully saturated rings. The fraction of sp³-hybridized carbons (Fsp3) is 0.316. The molecule has 6 nitrogen and oxygen atoms in total. The van der Waals surface area contributed by atoms with Crippen molar-refractivity contribution in [1.29, 1.82) is 0 Å². The summed E-state index contributed by atoms with van der Waals surface area (Å²) in [4.78, 5) is 29.9. The Labute approximate surface area is 146 Å². The molecule has 2 heterocycles. The molecule has 0 saturated carbocycles. The van der Waals surface area contributed by atoms with Crippen LogP contribution in [-0.4, -0.2) is 29.9 Å². The summed E-state index contributed by atoms with van der Waals surface area (Å²) in [6.07, 6.45) is 2.71. The Morgan fingerprint density at radius 1 is 1.24 bits per heavy atom. The number of ether oxygens (including phenoxy) is 1. The first-order chi connectivity index (χ1) is 11.9. The number of fused-ring (bicyclic) bond motifs is 1. The summed E-state index contributed by atoms with van der Waals surface area (Å²) in [6.45, 7) is 3.84. The largest absolute Gasteiger partial charge is 0.475 e. The maximum atomic E-state index is 12.4. The monoisotopic (exact) mass is 339 g/mol. The van der Waals surface area contributed by atoms with Crippen molar-refractivity contribution in [3.63, 3.8) is 0 Å². The van der Waals surface area contributed by atoms with Gasteiger partial charge in [-0.2, -0.15) is 0 Å². The van der Waals surface area contributed by atoms with E-state index in [0.29, 0.717) is 30.0 Å². The first kappa shape index (κ1) is 17.0. The molecule has 0 radical (unpaired) electrons. The number of rotatable bonds is 4. The van der Waals surface area contributed by atoms with E-state index in [0.717, 1.165) is 11.3 Å². The molecule has 1 aromatic heterocycles. The van der Waals surface area contributed by atoms with Crippen molar-refractivity contribution in [2.24, 2.45) is 0 Å². The predicted molar refractivity (Wildman–Crippen MR) is 96.1 cm³/mol. The Morgan fingerprint density at radius 2 is 2.04 bits per heavy atom. The summed E-state index contributed by atoms with van der Waals surface area (Å²) >= 11 is 0. The predicted octanol–water partition coefficient (Wildman–Crippen LogP) is 3.03. The van der Waals surface area contributed by atoms with Crippen molar-refractivity contribution in [2.75, 3.05) is 17.3 Å². The van der Waals surface area contributed by atoms with Crippen molar-refractivity contribution >= 4 is 23.2 Å². The molecule has 2 aromatic rings. The number of anilines is 2. The lowest BCUT2D eigenvalue weighted by Crippen LogP contribution is -2.31. The van der Waals surface area contributed by atoms with E-state index in [1.54, 1.807) is 30.1 Å². The van der Waals surface area contributed by atoms with Gasteiger partial charge in [0.2, 0.25) is 11.8 Å². The minimum absolute atomic E-state index is 0.0349. The van der Waals surface area contributed by atoms with Gasteiger partial charge in [0.05, 0.1) is 11.7 Å². The minimum atomic E-state index is -0.233. The molecule has 0 bridgehead atoms. The number of aryl methyl sites for hydroxylation is 1. The Morgan fingerprint density at radius 3 is 2.72 bits per heavy atom. The number of hydrogen-bond acceptors (Lipinski definition) is 4. The smallest absolute Gasteiger partial charge is 0.257 e. The van der Waals surface area contributed by atoms with Crippen molar-refractivity contribution in [3.8, 4) is 5.88 Å². The Kier molecular flexibility index (Phi) is 4.70. The molecule has 130 valence electrons. The lowest BCUT2D eigenvalue weighted by molar-refractivity contribution is -0.118. The van der Waals surface area contributed by atoms with Gasteiger partial charge < -0.3 is 15.0 Å². The third-order valence-electron chi connectivity index (χ3n) is 4.04. The van der Waals surface area contributed by atoms with Gasteiger partial charge in [-0.3, -0.25) is 9.59 Å². The van der Waals surface area contributed by atoms with Gasteiger partial charge >= 0.3 is 0 Å². The lowest BCUT2D eigenvalue weighted by atomic mass is 10.0. The van der Waals surface area contributed by atoms with E-state index in [1.807, 2.05) is 26.0 Å². The first-order valence-corrected chi connectivity index (χ1v) is 8.27. The van der Waals surface area contributed by atoms with E-state index in [4.69, 9.17) is 4.74 Å². The van der Waals surface area contributed by atoms with Crippen LogP contribution in [0.25, 0.3) is 0 Å². The van der Waals surface area contributed by atoms with Gasteiger partial charge in [0.1, 0.15) is 0 Å². The highest BCUT2D eigenvalue weighted by molar-refractivity contribution is 6.04. The number of pyridine rings is 1. The minimum Gasteiger partial charge on any atom is -0.475 e. The second-order valence-corrected chi connectivity index (χ2v) is 6.30. The fourth-order valence-electron chi connectivity index (χ4n) is 2.76. The van der Waals surface area contributed by atoms with Crippen molar-refractivity contribution in [3.05, 3.63) is 47.7 Å². The molecule has 2 amide bonds. The third-order valence-corrected chi connectivity index (χ3v) is 4.04. The van der Waals surface area contributed by atoms with Crippen LogP contribution in [0.3, 0.4) is 0 Å². The highest BCUT2D eigenvalue weighted by Gasteiger charge is 2.21. The SMILES string of the molecule is CC(C)Oc1ccc(C(=O)Nc2ccc3c(c2)CCC(=O)N3C)cn1. The molecule has 0 spiro atoms. The number of carbonyl (C=O) groups excluding carboxylic acids is 2. The molecule has 1 aliphatic heterocycles. The van der Waals surface area contributed by atoms with Gasteiger partial charge in [-0.25, -0.2) is 4.98 Å². The van der Waals surface area contributed by atoms with Crippen LogP contribution in [-0.2, 0) is 11.2 Å². The van der Waals surface area contributed by atoms with Gasteiger partial charge in [0.25, 0.3) is 5.91 Å². The summed E-state index contributed by atoms with van der Waals surface area (Å²) in [6, 6.07) is 8.95. The molecule has 0 saturated heterocycles. The Balaban J connectivity index is 1.72. The van der Waals surface area contributed by atoms with E-state index >= 15 is 0 Å². The van der Waals surface area contributed by atoms with Crippen LogP contribution in [0.2, 0.25) is 0 Å². The number of nitrogens with one attached hydrogen (secondary N) is 1. The molecule has 1 aliphatic rings. The van der Waals surface area contributed by atoms with Gasteiger partial charge in [-0.05, 0) is 50.1 Å². The van der Waals surface area contributed by atoms with Gasteiger partial charge in [-0.1, -0.05) is 0 Å². The summed E-state index contributed by atoms with van der Waals surface area (Å²) in [7, 11) is 1.77. The van der Waals surface area contributed by atoms with Gasteiger partial charge in [0.15, 0.2) is 0 Å². The molecule has 1 N–H and O–H groups in total. The molecule has 3 rings (SSSR count). The first-order valence-electron chi connectivity index (χ1n) is 8.27. The average molecular weight is 339 g/mol. The molecule has 0 unspecified atom stereocenters. The average Bonchev–Trinajstić information content (AvgIpc) is 2.58. The second kappa shape index (κ2) is 6.93. The number of nitrogens with zero attached hydrogens (tertiary/aromatic N) is 2. The van der Waals surface area contributed by atoms with Crippen LogP contribution in [0, 0.1) is 0 Å². The molecule has 25 heavy (non-hydrogen) atoms. The molecule has 1 aromatic carbocycles. The summed E-state index contributed by atoms with van der Waals surface area (Å²) in [5.74, 6) is 0.371. The molecule has 0 atom stereocenters. The van der Waals surface area contributed by atoms with Crippen molar-refractivity contribution in [1.82, 2.24) is 4.98 Å². The number of carbonyl (C=O) groups is 2. The zero-order valence-electron chi connectivity index (χ0n) is 14.6. The third kappa shape index (κ3) is 3.79. The number of benzene rings is 1. The topological polar surface area (TPSA) is 71.5 Å². The highest BCUT2D eigenvalue weighted by atomic mass is 16.5. The zero-order chi connectivity index (χ0) is 18.0. The van der Waals surface area contributed by atoms with Gasteiger partial charge in [0, 0.05) is 37.1 Å². The number of aromatic nitrogens is 1. The standard InChI is InChI=1S/C19H21N3O3/c1-12(2)25-17-8-4-14(11-20-17)19(24)21-15-6-7-16-13(10-15)5-9-18(23)22(16)3/h4,6-8,10-12H,5,9H2,1-3H3,(H,21,24). The molecule has 0 aliphatic carbocycles. The van der Waals surface area contributed by atoms with E-state index < -0.39 is 0 Å². The Hall–Kier alpha value is -2.89. The normalized spacial score (nSPS) is 13.6. The van der Waals surface area contributed by atoms with E-state index in [-0.39, 0.29) is 17.9 Å². The Bertz CT molecular complexity index is 800. The van der Waals surface area contributed by atoms with Crippen LogP contribution >= 0.6 is 0 Å². The number of amides is 2. The van der Waals surface area contributed by atoms with E-state index in [2.05, 4.69) is 10.3 Å². The van der Waals surface area contributed by atoms with Crippen LogP contribution in [0.4, 0.5) is 11.4 Å². The van der Waals surface area contributed by atoms with E-state index in [9.17, 15) is 9.59 Å². The van der Waals surface area contributed by atoms with Crippen LogP contribution in [0.1, 0.15) is 36.2 Å². The van der Waals surface area contributed by atoms with Crippen molar-refractivity contribution < 1.29 is 14.3 Å². The summed E-state index contributed by atoms with van der Waals surface area (Å²) in [5.41, 5.74) is 3.11. The summed E-state index contributed by atoms with van der Waals surface area (Å²) in [5, 5.41) is 2.87. The summed E-state index contributed by atoms with van der Waals surface area (Å²) < 4.78 is 5.47. The molecule has 6 heteroatoms. The lowest BCUT2D eigenvalue weighted by Gasteiger charge is -2.26. The maximum Gasteiger partial charge on any atom is 0.257 e. The maximum absolute atomic E-state index is 12.4. The number of hydrogen-bond donors (Lipinski definition) is 1. The zero-order valence-corrected chi connectivity index (χ0v) is 14.6. The quantitative estimate of drug-likeness (QED) is 0.929.